The third-order valence-electron chi connectivity index (χ3n) is 1.72. The molecule has 2 aromatic rings. The number of ether oxygens (including phenoxy) is 1. The molecule has 0 unspecified atom stereocenters. The van der Waals surface area contributed by atoms with Crippen LogP contribution in [0.25, 0.3) is 4.96 Å². The first-order valence-corrected chi connectivity index (χ1v) is 4.95. The maximum absolute atomic E-state index is 10.8. The first-order chi connectivity index (χ1) is 7.24. The molecule has 0 saturated carbocycles. The van der Waals surface area contributed by atoms with Crippen LogP contribution < -0.4 is 4.74 Å². The van der Waals surface area contributed by atoms with Crippen molar-refractivity contribution in [3.8, 4) is 5.88 Å². The molecule has 0 radical (unpaired) electrons. The van der Waals surface area contributed by atoms with Gasteiger partial charge in [-0.25, -0.2) is 0 Å². The number of nitrogens with zero attached hydrogens (tertiary/aromatic N) is 3. The SMILES string of the molecule is C=CCOc1nc2sccn2c1[N+](=O)[O-]. The van der Waals surface area contributed by atoms with Crippen molar-refractivity contribution in [3.63, 3.8) is 0 Å². The normalized spacial score (nSPS) is 10.4. The van der Waals surface area contributed by atoms with Gasteiger partial charge in [0.1, 0.15) is 12.8 Å². The standard InChI is InChI=1S/C8H7N3O3S/c1-2-4-14-6-7(11(12)13)10-3-5-15-8(10)9-6/h2-3,5H,1,4H2. The van der Waals surface area contributed by atoms with Crippen molar-refractivity contribution in [3.05, 3.63) is 34.3 Å². The zero-order valence-corrected chi connectivity index (χ0v) is 8.44. The molecule has 0 bridgehead atoms. The van der Waals surface area contributed by atoms with Gasteiger partial charge in [-0.05, 0) is 4.92 Å². The van der Waals surface area contributed by atoms with Crippen molar-refractivity contribution in [1.82, 2.24) is 9.38 Å². The van der Waals surface area contributed by atoms with Crippen molar-refractivity contribution >= 4 is 22.1 Å². The molecule has 0 spiro atoms. The lowest BCUT2D eigenvalue weighted by atomic mass is 10.6. The molecule has 2 rings (SSSR count). The Hall–Kier alpha value is -1.89. The Kier molecular flexibility index (Phi) is 2.38. The molecule has 0 amide bonds. The van der Waals surface area contributed by atoms with Gasteiger partial charge in [0.25, 0.3) is 4.96 Å². The summed E-state index contributed by atoms with van der Waals surface area (Å²) in [6.07, 6.45) is 3.10. The molecule has 2 heterocycles. The van der Waals surface area contributed by atoms with E-state index in [1.807, 2.05) is 0 Å². The summed E-state index contributed by atoms with van der Waals surface area (Å²) in [5.74, 6) is -0.111. The van der Waals surface area contributed by atoms with E-state index >= 15 is 0 Å². The summed E-state index contributed by atoms with van der Waals surface area (Å²) in [5.41, 5.74) is 0. The zero-order valence-electron chi connectivity index (χ0n) is 7.62. The number of hydrogen-bond donors (Lipinski definition) is 0. The minimum absolute atomic E-state index is 0.0340. The molecule has 0 aliphatic rings. The zero-order chi connectivity index (χ0) is 10.8. The number of thiazole rings is 1. The van der Waals surface area contributed by atoms with E-state index < -0.39 is 4.92 Å². The lowest BCUT2D eigenvalue weighted by Crippen LogP contribution is -1.98. The highest BCUT2D eigenvalue weighted by molar-refractivity contribution is 7.15. The molecule has 7 heteroatoms. The van der Waals surface area contributed by atoms with Crippen molar-refractivity contribution in [2.24, 2.45) is 0 Å². The molecule has 2 aromatic heterocycles. The minimum atomic E-state index is -0.509. The van der Waals surface area contributed by atoms with Crippen LogP contribution in [0.4, 0.5) is 5.82 Å². The second-order valence-electron chi connectivity index (χ2n) is 2.65. The van der Waals surface area contributed by atoms with E-state index in [4.69, 9.17) is 4.74 Å². The van der Waals surface area contributed by atoms with Gasteiger partial charge >= 0.3 is 11.7 Å². The Morgan fingerprint density at radius 1 is 1.80 bits per heavy atom. The first kappa shape index (κ1) is 9.66. The van der Waals surface area contributed by atoms with Crippen molar-refractivity contribution in [2.45, 2.75) is 0 Å². The van der Waals surface area contributed by atoms with Crippen LogP contribution in [0.15, 0.2) is 24.2 Å². The third kappa shape index (κ3) is 1.57. The topological polar surface area (TPSA) is 69.7 Å². The monoisotopic (exact) mass is 225 g/mol. The van der Waals surface area contributed by atoms with Gasteiger partial charge in [0.05, 0.1) is 0 Å². The number of nitro groups is 1. The third-order valence-corrected chi connectivity index (χ3v) is 2.47. The Labute approximate surface area is 88.6 Å². The van der Waals surface area contributed by atoms with E-state index in [9.17, 15) is 10.1 Å². The Bertz CT molecular complexity index is 516. The van der Waals surface area contributed by atoms with Crippen LogP contribution in [-0.4, -0.2) is 20.9 Å². The molecule has 6 nitrogen and oxygen atoms in total. The molecule has 0 aromatic carbocycles. The van der Waals surface area contributed by atoms with Gasteiger partial charge in [-0.1, -0.05) is 24.0 Å². The molecule has 0 aliphatic heterocycles. The number of hydrogen-bond acceptors (Lipinski definition) is 5. The largest absolute Gasteiger partial charge is 0.467 e. The van der Waals surface area contributed by atoms with Crippen molar-refractivity contribution in [2.75, 3.05) is 6.61 Å². The number of rotatable bonds is 4. The quantitative estimate of drug-likeness (QED) is 0.452. The summed E-state index contributed by atoms with van der Waals surface area (Å²) in [4.78, 5) is 14.8. The van der Waals surface area contributed by atoms with Crippen molar-refractivity contribution in [1.29, 1.82) is 0 Å². The molecule has 0 N–H and O–H groups in total. The predicted octanol–water partition coefficient (Wildman–Crippen LogP) is 1.87. The van der Waals surface area contributed by atoms with E-state index in [0.29, 0.717) is 4.96 Å². The molecular weight excluding hydrogens is 218 g/mol. The van der Waals surface area contributed by atoms with Gasteiger partial charge in [-0.3, -0.25) is 0 Å². The van der Waals surface area contributed by atoms with Gasteiger partial charge in [0, 0.05) is 5.38 Å². The Morgan fingerprint density at radius 3 is 3.27 bits per heavy atom. The molecule has 0 saturated heterocycles. The lowest BCUT2D eigenvalue weighted by Gasteiger charge is -1.97. The van der Waals surface area contributed by atoms with Crippen LogP contribution in [0.3, 0.4) is 0 Å². The summed E-state index contributed by atoms with van der Waals surface area (Å²) >= 11 is 1.31. The van der Waals surface area contributed by atoms with Crippen LogP contribution in [-0.2, 0) is 0 Å². The molecule has 15 heavy (non-hydrogen) atoms. The number of aromatic nitrogens is 2. The predicted molar refractivity (Wildman–Crippen MR) is 55.4 cm³/mol. The van der Waals surface area contributed by atoms with Gasteiger partial charge in [-0.15, -0.1) is 0 Å². The minimum Gasteiger partial charge on any atom is -0.467 e. The lowest BCUT2D eigenvalue weighted by molar-refractivity contribution is -0.391. The summed E-state index contributed by atoms with van der Waals surface area (Å²) < 4.78 is 6.50. The Balaban J connectivity index is 2.51. The maximum Gasteiger partial charge on any atom is 0.393 e. The highest BCUT2D eigenvalue weighted by Gasteiger charge is 2.24. The van der Waals surface area contributed by atoms with E-state index in [2.05, 4.69) is 11.6 Å². The first-order valence-electron chi connectivity index (χ1n) is 4.07. The van der Waals surface area contributed by atoms with Gasteiger partial charge < -0.3 is 14.9 Å². The number of imidazole rings is 1. The molecule has 78 valence electrons. The fourth-order valence-electron chi connectivity index (χ4n) is 1.15. The van der Waals surface area contributed by atoms with Crippen LogP contribution >= 0.6 is 11.3 Å². The van der Waals surface area contributed by atoms with E-state index in [1.54, 1.807) is 11.6 Å². The molecular formula is C8H7N3O3S. The Morgan fingerprint density at radius 2 is 2.60 bits per heavy atom. The van der Waals surface area contributed by atoms with Crippen LogP contribution in [0.1, 0.15) is 0 Å². The summed E-state index contributed by atoms with van der Waals surface area (Å²) in [7, 11) is 0. The van der Waals surface area contributed by atoms with Crippen molar-refractivity contribution < 1.29 is 9.66 Å². The maximum atomic E-state index is 10.8. The highest BCUT2D eigenvalue weighted by Crippen LogP contribution is 2.29. The molecule has 0 aliphatic carbocycles. The smallest absolute Gasteiger partial charge is 0.393 e. The summed E-state index contributed by atoms with van der Waals surface area (Å²) in [6.45, 7) is 3.67. The van der Waals surface area contributed by atoms with Crippen LogP contribution in [0.5, 0.6) is 5.88 Å². The van der Waals surface area contributed by atoms with Crippen LogP contribution in [0.2, 0.25) is 0 Å². The van der Waals surface area contributed by atoms with E-state index in [1.165, 1.54) is 21.8 Å². The van der Waals surface area contributed by atoms with E-state index in [0.717, 1.165) is 0 Å². The van der Waals surface area contributed by atoms with Crippen LogP contribution in [0, 0.1) is 10.1 Å². The molecule has 0 fully saturated rings. The van der Waals surface area contributed by atoms with Gasteiger partial charge in [-0.2, -0.15) is 9.38 Å². The highest BCUT2D eigenvalue weighted by atomic mass is 32.1. The van der Waals surface area contributed by atoms with Gasteiger partial charge in [0.2, 0.25) is 0 Å². The second kappa shape index (κ2) is 3.70. The summed E-state index contributed by atoms with van der Waals surface area (Å²) in [6, 6.07) is 0. The van der Waals surface area contributed by atoms with E-state index in [-0.39, 0.29) is 18.3 Å². The average Bonchev–Trinajstić information content (AvgIpc) is 2.72. The average molecular weight is 225 g/mol. The van der Waals surface area contributed by atoms with Gasteiger partial charge in [0.15, 0.2) is 0 Å². The number of fused-ring (bicyclic) bond motifs is 1. The fourth-order valence-corrected chi connectivity index (χ4v) is 1.86. The fraction of sp³-hybridized carbons (Fsp3) is 0.125. The second-order valence-corrected chi connectivity index (χ2v) is 3.53. The summed E-state index contributed by atoms with van der Waals surface area (Å²) in [5, 5.41) is 12.5. The molecule has 0 atom stereocenters.